The van der Waals surface area contributed by atoms with Gasteiger partial charge in [0.2, 0.25) is 0 Å². The molecule has 0 fully saturated rings. The Kier molecular flexibility index (Phi) is 6.15. The number of benzene rings is 1. The number of hydrogen-bond donors (Lipinski definition) is 1. The molecule has 0 saturated heterocycles. The third-order valence-electron chi connectivity index (χ3n) is 3.02. The Bertz CT molecular complexity index is 527. The van der Waals surface area contributed by atoms with Crippen LogP contribution in [0.3, 0.4) is 0 Å². The summed E-state index contributed by atoms with van der Waals surface area (Å²) < 4.78 is 5.84. The van der Waals surface area contributed by atoms with Gasteiger partial charge in [-0.05, 0) is 24.8 Å². The van der Waals surface area contributed by atoms with E-state index in [2.05, 4.69) is 36.3 Å². The number of rotatable bonds is 8. The largest absolute Gasteiger partial charge is 0.490 e. The molecule has 1 heterocycles. The fraction of sp³-hybridized carbons (Fsp3) is 0.438. The normalized spacial score (nSPS) is 12.5. The predicted molar refractivity (Wildman–Crippen MR) is 87.7 cm³/mol. The molecule has 1 N–H and O–H groups in total. The fourth-order valence-corrected chi connectivity index (χ4v) is 2.72. The van der Waals surface area contributed by atoms with Gasteiger partial charge in [0, 0.05) is 29.9 Å². The number of nitrogens with zero attached hydrogens (tertiary/aromatic N) is 1. The van der Waals surface area contributed by atoms with Gasteiger partial charge < -0.3 is 10.1 Å². The van der Waals surface area contributed by atoms with Crippen LogP contribution in [0.15, 0.2) is 36.5 Å². The Morgan fingerprint density at radius 1 is 1.30 bits per heavy atom. The first-order chi connectivity index (χ1) is 9.81. The highest BCUT2D eigenvalue weighted by molar-refractivity contribution is 7.99. The molecule has 1 atom stereocenters. The maximum Gasteiger partial charge on any atom is 0.145 e. The average Bonchev–Trinajstić information content (AvgIpc) is 2.49. The summed E-state index contributed by atoms with van der Waals surface area (Å²) in [6.07, 6.45) is 1.80. The van der Waals surface area contributed by atoms with Crippen molar-refractivity contribution in [2.24, 2.45) is 0 Å². The van der Waals surface area contributed by atoms with Crippen molar-refractivity contribution in [1.29, 1.82) is 0 Å². The maximum absolute atomic E-state index is 5.84. The van der Waals surface area contributed by atoms with Crippen LogP contribution in [0.25, 0.3) is 10.9 Å². The second kappa shape index (κ2) is 8.12. The maximum atomic E-state index is 5.84. The molecule has 0 unspecified atom stereocenters. The Morgan fingerprint density at radius 3 is 3.00 bits per heavy atom. The van der Waals surface area contributed by atoms with Crippen LogP contribution in [0.1, 0.15) is 13.8 Å². The Morgan fingerprint density at radius 2 is 2.15 bits per heavy atom. The SMILES string of the molecule is CCSC[C@H](C)NCCOc1cccc2cccnc12. The van der Waals surface area contributed by atoms with Gasteiger partial charge in [0.25, 0.3) is 0 Å². The van der Waals surface area contributed by atoms with Crippen LogP contribution in [-0.4, -0.2) is 35.7 Å². The number of nitrogens with one attached hydrogen (secondary N) is 1. The van der Waals surface area contributed by atoms with Crippen LogP contribution in [0.5, 0.6) is 5.75 Å². The summed E-state index contributed by atoms with van der Waals surface area (Å²) >= 11 is 1.96. The van der Waals surface area contributed by atoms with Crippen molar-refractivity contribution >= 4 is 22.7 Å². The standard InChI is InChI=1S/C16H22N2OS/c1-3-20-12-13(2)17-10-11-19-15-8-4-6-14-7-5-9-18-16(14)15/h4-9,13,17H,3,10-12H2,1-2H3/t13-/m0/s1. The zero-order valence-corrected chi connectivity index (χ0v) is 13.0. The Balaban J connectivity index is 1.81. The van der Waals surface area contributed by atoms with Gasteiger partial charge in [-0.1, -0.05) is 25.1 Å². The average molecular weight is 290 g/mol. The lowest BCUT2D eigenvalue weighted by molar-refractivity contribution is 0.312. The molecular formula is C16H22N2OS. The van der Waals surface area contributed by atoms with E-state index in [1.54, 1.807) is 6.20 Å². The molecule has 4 heteroatoms. The van der Waals surface area contributed by atoms with Gasteiger partial charge in [-0.25, -0.2) is 0 Å². The van der Waals surface area contributed by atoms with Crippen molar-refractivity contribution in [3.05, 3.63) is 36.5 Å². The van der Waals surface area contributed by atoms with E-state index >= 15 is 0 Å². The van der Waals surface area contributed by atoms with Crippen molar-refractivity contribution in [2.75, 3.05) is 24.7 Å². The quantitative estimate of drug-likeness (QED) is 0.756. The Hall–Kier alpha value is -1.26. The van der Waals surface area contributed by atoms with E-state index in [9.17, 15) is 0 Å². The molecule has 108 valence electrons. The third-order valence-corrected chi connectivity index (χ3v) is 4.16. The van der Waals surface area contributed by atoms with E-state index < -0.39 is 0 Å². The van der Waals surface area contributed by atoms with Crippen LogP contribution in [0.2, 0.25) is 0 Å². The van der Waals surface area contributed by atoms with Crippen molar-refractivity contribution in [1.82, 2.24) is 10.3 Å². The molecule has 2 rings (SSSR count). The second-order valence-electron chi connectivity index (χ2n) is 4.69. The third kappa shape index (κ3) is 4.39. The number of aromatic nitrogens is 1. The molecule has 0 saturated carbocycles. The molecule has 0 spiro atoms. The summed E-state index contributed by atoms with van der Waals surface area (Å²) in [4.78, 5) is 4.39. The number of pyridine rings is 1. The Labute approximate surface area is 125 Å². The molecule has 20 heavy (non-hydrogen) atoms. The van der Waals surface area contributed by atoms with Gasteiger partial charge >= 0.3 is 0 Å². The first-order valence-electron chi connectivity index (χ1n) is 7.09. The van der Waals surface area contributed by atoms with Crippen LogP contribution in [0.4, 0.5) is 0 Å². The minimum atomic E-state index is 0.522. The molecule has 0 radical (unpaired) electrons. The van der Waals surface area contributed by atoms with Gasteiger partial charge in [0.1, 0.15) is 17.9 Å². The van der Waals surface area contributed by atoms with Gasteiger partial charge in [0.05, 0.1) is 0 Å². The molecule has 0 bridgehead atoms. The van der Waals surface area contributed by atoms with Gasteiger partial charge in [0.15, 0.2) is 0 Å². The molecule has 0 aliphatic rings. The van der Waals surface area contributed by atoms with Crippen LogP contribution in [0, 0.1) is 0 Å². The zero-order chi connectivity index (χ0) is 14.2. The van der Waals surface area contributed by atoms with Crippen molar-refractivity contribution < 1.29 is 4.74 Å². The molecule has 1 aromatic heterocycles. The number of ether oxygens (including phenoxy) is 1. The topological polar surface area (TPSA) is 34.1 Å². The summed E-state index contributed by atoms with van der Waals surface area (Å²) in [6.45, 7) is 5.92. The number of fused-ring (bicyclic) bond motifs is 1. The number of thioether (sulfide) groups is 1. The first kappa shape index (κ1) is 15.1. The molecule has 0 aliphatic heterocycles. The van der Waals surface area contributed by atoms with E-state index in [0.29, 0.717) is 12.6 Å². The van der Waals surface area contributed by atoms with E-state index in [0.717, 1.165) is 29.0 Å². The van der Waals surface area contributed by atoms with E-state index in [1.807, 2.05) is 30.0 Å². The van der Waals surface area contributed by atoms with E-state index in [-0.39, 0.29) is 0 Å². The van der Waals surface area contributed by atoms with Gasteiger partial charge in [-0.2, -0.15) is 11.8 Å². The second-order valence-corrected chi connectivity index (χ2v) is 6.01. The minimum Gasteiger partial charge on any atom is -0.490 e. The summed E-state index contributed by atoms with van der Waals surface area (Å²) in [5.41, 5.74) is 0.935. The first-order valence-corrected chi connectivity index (χ1v) is 8.24. The molecular weight excluding hydrogens is 268 g/mol. The summed E-state index contributed by atoms with van der Waals surface area (Å²) in [5, 5.41) is 4.59. The number of para-hydroxylation sites is 1. The minimum absolute atomic E-state index is 0.522. The molecule has 1 aromatic carbocycles. The lowest BCUT2D eigenvalue weighted by Gasteiger charge is -2.14. The van der Waals surface area contributed by atoms with Crippen molar-refractivity contribution in [3.8, 4) is 5.75 Å². The van der Waals surface area contributed by atoms with E-state index in [4.69, 9.17) is 4.74 Å². The highest BCUT2D eigenvalue weighted by Gasteiger charge is 2.03. The van der Waals surface area contributed by atoms with Crippen LogP contribution in [-0.2, 0) is 0 Å². The lowest BCUT2D eigenvalue weighted by atomic mass is 10.2. The van der Waals surface area contributed by atoms with Crippen LogP contribution < -0.4 is 10.1 Å². The van der Waals surface area contributed by atoms with Crippen molar-refractivity contribution in [3.63, 3.8) is 0 Å². The summed E-state index contributed by atoms with van der Waals surface area (Å²) in [6, 6.07) is 10.6. The van der Waals surface area contributed by atoms with Gasteiger partial charge in [-0.3, -0.25) is 4.98 Å². The van der Waals surface area contributed by atoms with E-state index in [1.165, 1.54) is 5.75 Å². The summed E-state index contributed by atoms with van der Waals surface area (Å²) in [5.74, 6) is 3.18. The molecule has 3 nitrogen and oxygen atoms in total. The lowest BCUT2D eigenvalue weighted by Crippen LogP contribution is -2.32. The molecule has 0 amide bonds. The fourth-order valence-electron chi connectivity index (χ4n) is 2.01. The highest BCUT2D eigenvalue weighted by Crippen LogP contribution is 2.22. The summed E-state index contributed by atoms with van der Waals surface area (Å²) in [7, 11) is 0. The van der Waals surface area contributed by atoms with Crippen LogP contribution >= 0.6 is 11.8 Å². The smallest absolute Gasteiger partial charge is 0.145 e. The number of hydrogen-bond acceptors (Lipinski definition) is 4. The van der Waals surface area contributed by atoms with Crippen molar-refractivity contribution in [2.45, 2.75) is 19.9 Å². The molecule has 0 aliphatic carbocycles. The highest BCUT2D eigenvalue weighted by atomic mass is 32.2. The monoisotopic (exact) mass is 290 g/mol. The predicted octanol–water partition coefficient (Wildman–Crippen LogP) is 3.34. The van der Waals surface area contributed by atoms with Gasteiger partial charge in [-0.15, -0.1) is 0 Å². The zero-order valence-electron chi connectivity index (χ0n) is 12.1. The molecule has 2 aromatic rings.